The lowest BCUT2D eigenvalue weighted by molar-refractivity contribution is -0.189. The number of carbonyl (C=O) groups is 1. The van der Waals surface area contributed by atoms with Gasteiger partial charge in [-0.05, 0) is 46.0 Å². The molecule has 1 aromatic heterocycles. The maximum Gasteiger partial charge on any atom is 0.394 e. The van der Waals surface area contributed by atoms with Crippen LogP contribution in [0.5, 0.6) is 0 Å². The molecule has 0 spiro atoms. The van der Waals surface area contributed by atoms with Crippen LogP contribution in [0.15, 0.2) is 12.4 Å². The molecule has 134 valence electrons. The minimum absolute atomic E-state index is 0.0676. The summed E-state index contributed by atoms with van der Waals surface area (Å²) in [6.07, 6.45) is 1.28. The fourth-order valence-electron chi connectivity index (χ4n) is 3.63. The van der Waals surface area contributed by atoms with Gasteiger partial charge in [-0.15, -0.1) is 0 Å². The summed E-state index contributed by atoms with van der Waals surface area (Å²) in [6.45, 7) is 5.11. The second-order valence-electron chi connectivity index (χ2n) is 7.41. The van der Waals surface area contributed by atoms with Gasteiger partial charge in [-0.25, -0.2) is 4.79 Å². The van der Waals surface area contributed by atoms with Gasteiger partial charge >= 0.3 is 12.2 Å². The second kappa shape index (κ2) is 5.67. The van der Waals surface area contributed by atoms with Crippen molar-refractivity contribution in [1.82, 2.24) is 14.7 Å². The van der Waals surface area contributed by atoms with Crippen LogP contribution in [0.4, 0.5) is 23.7 Å². The molecular weight excluding hydrogens is 321 g/mol. The van der Waals surface area contributed by atoms with Gasteiger partial charge in [-0.2, -0.15) is 18.3 Å². The lowest BCUT2D eigenvalue weighted by Gasteiger charge is -2.36. The molecule has 0 bridgehead atoms. The molecular formula is C16H23F3N4O. The van der Waals surface area contributed by atoms with Crippen molar-refractivity contribution in [2.24, 2.45) is 11.8 Å². The number of aromatic nitrogens is 2. The lowest BCUT2D eigenvalue weighted by Crippen LogP contribution is -2.51. The van der Waals surface area contributed by atoms with Crippen molar-refractivity contribution in [1.29, 1.82) is 0 Å². The third kappa shape index (κ3) is 3.10. The number of amides is 2. The molecule has 1 aliphatic carbocycles. The van der Waals surface area contributed by atoms with E-state index in [0.717, 1.165) is 0 Å². The molecule has 5 nitrogen and oxygen atoms in total. The van der Waals surface area contributed by atoms with Crippen molar-refractivity contribution in [2.75, 3.05) is 11.9 Å². The van der Waals surface area contributed by atoms with E-state index < -0.39 is 23.7 Å². The van der Waals surface area contributed by atoms with Crippen LogP contribution in [0.2, 0.25) is 0 Å². The van der Waals surface area contributed by atoms with Gasteiger partial charge in [0.15, 0.2) is 0 Å². The predicted molar refractivity (Wildman–Crippen MR) is 83.6 cm³/mol. The maximum atomic E-state index is 13.1. The van der Waals surface area contributed by atoms with Crippen LogP contribution in [0.3, 0.4) is 0 Å². The smallest absolute Gasteiger partial charge is 0.319 e. The molecule has 8 heteroatoms. The number of nitrogens with zero attached hydrogens (tertiary/aromatic N) is 3. The Hall–Kier alpha value is -1.73. The molecule has 24 heavy (non-hydrogen) atoms. The molecule has 3 rings (SSSR count). The van der Waals surface area contributed by atoms with Crippen molar-refractivity contribution in [3.8, 4) is 0 Å². The molecule has 0 radical (unpaired) electrons. The van der Waals surface area contributed by atoms with E-state index in [1.165, 1.54) is 31.6 Å². The van der Waals surface area contributed by atoms with Gasteiger partial charge in [0.25, 0.3) is 0 Å². The molecule has 2 amide bonds. The zero-order valence-corrected chi connectivity index (χ0v) is 14.1. The van der Waals surface area contributed by atoms with E-state index >= 15 is 0 Å². The minimum Gasteiger partial charge on any atom is -0.319 e. The summed E-state index contributed by atoms with van der Waals surface area (Å²) in [5, 5.41) is 6.93. The summed E-state index contributed by atoms with van der Waals surface area (Å²) in [5.74, 6) is -0.883. The molecule has 2 heterocycles. The first-order chi connectivity index (χ1) is 11.1. The Morgan fingerprint density at radius 1 is 1.38 bits per heavy atom. The van der Waals surface area contributed by atoms with Crippen molar-refractivity contribution in [3.05, 3.63) is 12.4 Å². The largest absolute Gasteiger partial charge is 0.394 e. The Kier molecular flexibility index (Phi) is 4.04. The molecule has 2 atom stereocenters. The van der Waals surface area contributed by atoms with Crippen LogP contribution in [0.1, 0.15) is 46.1 Å². The lowest BCUT2D eigenvalue weighted by atomic mass is 9.88. The summed E-state index contributed by atoms with van der Waals surface area (Å²) in [4.78, 5) is 13.7. The summed E-state index contributed by atoms with van der Waals surface area (Å²) in [6, 6.07) is -0.237. The number of hydrogen-bond donors (Lipinski definition) is 1. The Bertz CT molecular complexity index is 621. The average molecular weight is 344 g/mol. The maximum absolute atomic E-state index is 13.1. The third-order valence-corrected chi connectivity index (χ3v) is 5.40. The monoisotopic (exact) mass is 344 g/mol. The van der Waals surface area contributed by atoms with E-state index in [1.807, 2.05) is 0 Å². The topological polar surface area (TPSA) is 50.2 Å². The first-order valence-electron chi connectivity index (χ1n) is 8.30. The van der Waals surface area contributed by atoms with Crippen LogP contribution in [-0.4, -0.2) is 39.0 Å². The quantitative estimate of drug-likeness (QED) is 0.899. The Labute approximate surface area is 139 Å². The van der Waals surface area contributed by atoms with Gasteiger partial charge in [0.2, 0.25) is 0 Å². The highest BCUT2D eigenvalue weighted by Gasteiger charge is 2.56. The number of carbonyl (C=O) groups excluding carboxylic acids is 1. The normalized spacial score (nSPS) is 24.9. The SMILES string of the molecule is C[C@H](C1CC1)n1cc(NC(=O)N2CC[C@H](C(F)(F)F)C2(C)C)cn1. The number of halogens is 3. The molecule has 2 fully saturated rings. The number of anilines is 1. The fraction of sp³-hybridized carbons (Fsp3) is 0.750. The molecule has 1 saturated heterocycles. The Balaban J connectivity index is 1.67. The minimum atomic E-state index is -4.30. The summed E-state index contributed by atoms with van der Waals surface area (Å²) < 4.78 is 41.2. The first kappa shape index (κ1) is 17.1. The highest BCUT2D eigenvalue weighted by molar-refractivity contribution is 5.89. The number of hydrogen-bond acceptors (Lipinski definition) is 2. The zero-order valence-electron chi connectivity index (χ0n) is 14.1. The van der Waals surface area contributed by atoms with Crippen LogP contribution in [0.25, 0.3) is 0 Å². The van der Waals surface area contributed by atoms with E-state index in [9.17, 15) is 18.0 Å². The fourth-order valence-corrected chi connectivity index (χ4v) is 3.63. The van der Waals surface area contributed by atoms with E-state index in [4.69, 9.17) is 0 Å². The van der Waals surface area contributed by atoms with E-state index in [2.05, 4.69) is 17.3 Å². The summed E-state index contributed by atoms with van der Waals surface area (Å²) in [5.41, 5.74) is -0.752. The number of rotatable bonds is 3. The van der Waals surface area contributed by atoms with Crippen LogP contribution in [-0.2, 0) is 0 Å². The number of urea groups is 1. The van der Waals surface area contributed by atoms with Gasteiger partial charge in [-0.1, -0.05) is 0 Å². The number of nitrogens with one attached hydrogen (secondary N) is 1. The highest BCUT2D eigenvalue weighted by Crippen LogP contribution is 2.45. The second-order valence-corrected chi connectivity index (χ2v) is 7.41. The van der Waals surface area contributed by atoms with Crippen molar-refractivity contribution < 1.29 is 18.0 Å². The van der Waals surface area contributed by atoms with Gasteiger partial charge in [0, 0.05) is 12.7 Å². The van der Waals surface area contributed by atoms with E-state index in [0.29, 0.717) is 11.6 Å². The van der Waals surface area contributed by atoms with Gasteiger partial charge in [-0.3, -0.25) is 4.68 Å². The molecule has 1 aromatic rings. The van der Waals surface area contributed by atoms with Crippen LogP contribution < -0.4 is 5.32 Å². The molecule has 1 aliphatic heterocycles. The van der Waals surface area contributed by atoms with E-state index in [1.54, 1.807) is 17.1 Å². The highest BCUT2D eigenvalue weighted by atomic mass is 19.4. The molecule has 0 aromatic carbocycles. The third-order valence-electron chi connectivity index (χ3n) is 5.40. The molecule has 1 N–H and O–H groups in total. The standard InChI is InChI=1S/C16H23F3N4O/c1-10(11-4-5-11)23-9-12(8-20-23)21-14(24)22-7-6-13(15(22,2)3)16(17,18)19/h8-11,13H,4-7H2,1-3H3,(H,21,24)/t10-,13+/m1/s1. The molecule has 1 saturated carbocycles. The van der Waals surface area contributed by atoms with Crippen molar-refractivity contribution in [3.63, 3.8) is 0 Å². The van der Waals surface area contributed by atoms with Crippen LogP contribution in [0, 0.1) is 11.8 Å². The first-order valence-corrected chi connectivity index (χ1v) is 8.30. The van der Waals surface area contributed by atoms with Crippen LogP contribution >= 0.6 is 0 Å². The van der Waals surface area contributed by atoms with Gasteiger partial charge < -0.3 is 10.2 Å². The molecule has 0 unspecified atom stereocenters. The van der Waals surface area contributed by atoms with Gasteiger partial charge in [0.1, 0.15) is 0 Å². The molecule has 2 aliphatic rings. The van der Waals surface area contributed by atoms with Crippen molar-refractivity contribution in [2.45, 2.75) is 57.8 Å². The zero-order chi connectivity index (χ0) is 17.7. The van der Waals surface area contributed by atoms with Gasteiger partial charge in [0.05, 0.1) is 29.4 Å². The Morgan fingerprint density at radius 2 is 2.04 bits per heavy atom. The average Bonchev–Trinajstić information content (AvgIpc) is 3.11. The van der Waals surface area contributed by atoms with E-state index in [-0.39, 0.29) is 19.0 Å². The summed E-state index contributed by atoms with van der Waals surface area (Å²) in [7, 11) is 0. The summed E-state index contributed by atoms with van der Waals surface area (Å²) >= 11 is 0. The Morgan fingerprint density at radius 3 is 2.58 bits per heavy atom. The van der Waals surface area contributed by atoms with Crippen molar-refractivity contribution >= 4 is 11.7 Å². The number of likely N-dealkylation sites (tertiary alicyclic amines) is 1. The number of alkyl halides is 3. The predicted octanol–water partition coefficient (Wildman–Crippen LogP) is 4.05.